The number of piperidine rings is 1. The highest BCUT2D eigenvalue weighted by Crippen LogP contribution is 2.27. The summed E-state index contributed by atoms with van der Waals surface area (Å²) in [6.45, 7) is 5.14. The molecule has 3 unspecified atom stereocenters. The van der Waals surface area contributed by atoms with E-state index in [1.165, 1.54) is 71.1 Å². The summed E-state index contributed by atoms with van der Waals surface area (Å²) in [5.41, 5.74) is 0. The van der Waals surface area contributed by atoms with Crippen molar-refractivity contribution in [3.05, 3.63) is 0 Å². The Kier molecular flexibility index (Phi) is 3.99. The van der Waals surface area contributed by atoms with Gasteiger partial charge in [-0.2, -0.15) is 0 Å². The molecule has 0 aromatic rings. The third-order valence-electron chi connectivity index (χ3n) is 4.87. The van der Waals surface area contributed by atoms with Gasteiger partial charge in [0.1, 0.15) is 0 Å². The molecule has 3 nitrogen and oxygen atoms in total. The summed E-state index contributed by atoms with van der Waals surface area (Å²) in [5.74, 6) is 0. The summed E-state index contributed by atoms with van der Waals surface area (Å²) in [6.07, 6.45) is 9.71. The summed E-state index contributed by atoms with van der Waals surface area (Å²) in [5, 5.41) is 7.45. The van der Waals surface area contributed by atoms with Crippen LogP contribution in [0, 0.1) is 0 Å². The molecule has 3 aliphatic heterocycles. The lowest BCUT2D eigenvalue weighted by atomic mass is 9.96. The van der Waals surface area contributed by atoms with E-state index in [-0.39, 0.29) is 0 Å². The number of nitrogens with zero attached hydrogens (tertiary/aromatic N) is 1. The van der Waals surface area contributed by atoms with Gasteiger partial charge in [0, 0.05) is 18.1 Å². The molecule has 3 aliphatic rings. The fraction of sp³-hybridized carbons (Fsp3) is 1.00. The maximum atomic E-state index is 3.94. The average Bonchev–Trinajstić information content (AvgIpc) is 2.65. The van der Waals surface area contributed by atoms with Crippen LogP contribution < -0.4 is 10.6 Å². The Bertz CT molecular complexity index is 236. The van der Waals surface area contributed by atoms with E-state index in [1.807, 2.05) is 0 Å². The van der Waals surface area contributed by atoms with Crippen molar-refractivity contribution in [1.82, 2.24) is 15.5 Å². The summed E-state index contributed by atoms with van der Waals surface area (Å²) in [4.78, 5) is 2.72. The minimum Gasteiger partial charge on any atom is -0.317 e. The predicted octanol–water partition coefficient (Wildman–Crippen LogP) is 1.34. The number of fused-ring (bicyclic) bond motifs is 1. The van der Waals surface area contributed by atoms with Crippen LogP contribution in [0.5, 0.6) is 0 Å². The third kappa shape index (κ3) is 3.01. The maximum Gasteiger partial charge on any atom is 0.0111 e. The molecule has 0 aromatic heterocycles. The van der Waals surface area contributed by atoms with Gasteiger partial charge in [0.05, 0.1) is 0 Å². The van der Waals surface area contributed by atoms with Gasteiger partial charge in [0.15, 0.2) is 0 Å². The standard InChI is InChI=1S/C14H27N3/c1-3-12(5-8-15-7-1)16-13-6-10-17-9-2-4-14(17)11-13/h12-16H,1-11H2. The highest BCUT2D eigenvalue weighted by Gasteiger charge is 2.32. The highest BCUT2D eigenvalue weighted by atomic mass is 15.2. The van der Waals surface area contributed by atoms with Crippen molar-refractivity contribution in [2.75, 3.05) is 26.2 Å². The van der Waals surface area contributed by atoms with Gasteiger partial charge in [0.2, 0.25) is 0 Å². The molecule has 3 heterocycles. The van der Waals surface area contributed by atoms with Gasteiger partial charge in [-0.3, -0.25) is 0 Å². The molecule has 0 saturated carbocycles. The van der Waals surface area contributed by atoms with Crippen LogP contribution in [0.2, 0.25) is 0 Å². The van der Waals surface area contributed by atoms with Crippen molar-refractivity contribution in [1.29, 1.82) is 0 Å². The van der Waals surface area contributed by atoms with Crippen LogP contribution >= 0.6 is 0 Å². The molecule has 3 heteroatoms. The van der Waals surface area contributed by atoms with Gasteiger partial charge < -0.3 is 15.5 Å². The van der Waals surface area contributed by atoms with E-state index in [4.69, 9.17) is 0 Å². The highest BCUT2D eigenvalue weighted by molar-refractivity contribution is 4.90. The second-order valence-corrected chi connectivity index (χ2v) is 6.10. The van der Waals surface area contributed by atoms with Crippen molar-refractivity contribution >= 4 is 0 Å². The van der Waals surface area contributed by atoms with E-state index < -0.39 is 0 Å². The summed E-state index contributed by atoms with van der Waals surface area (Å²) < 4.78 is 0. The van der Waals surface area contributed by atoms with E-state index in [1.54, 1.807) is 0 Å². The lowest BCUT2D eigenvalue weighted by molar-refractivity contribution is 0.159. The van der Waals surface area contributed by atoms with Gasteiger partial charge in [-0.15, -0.1) is 0 Å². The Morgan fingerprint density at radius 3 is 2.88 bits per heavy atom. The molecule has 0 amide bonds. The first-order chi connectivity index (χ1) is 8.42. The molecular weight excluding hydrogens is 210 g/mol. The summed E-state index contributed by atoms with van der Waals surface area (Å²) >= 11 is 0. The topological polar surface area (TPSA) is 27.3 Å². The van der Waals surface area contributed by atoms with E-state index >= 15 is 0 Å². The lowest BCUT2D eigenvalue weighted by Crippen LogP contribution is -2.48. The first-order valence-corrected chi connectivity index (χ1v) is 7.62. The largest absolute Gasteiger partial charge is 0.317 e. The van der Waals surface area contributed by atoms with Crippen LogP contribution in [-0.4, -0.2) is 49.2 Å². The van der Waals surface area contributed by atoms with E-state index in [2.05, 4.69) is 15.5 Å². The van der Waals surface area contributed by atoms with Crippen molar-refractivity contribution in [3.8, 4) is 0 Å². The van der Waals surface area contributed by atoms with E-state index in [9.17, 15) is 0 Å². The first kappa shape index (κ1) is 11.9. The molecule has 0 aliphatic carbocycles. The second-order valence-electron chi connectivity index (χ2n) is 6.10. The smallest absolute Gasteiger partial charge is 0.0111 e. The molecule has 3 fully saturated rings. The van der Waals surface area contributed by atoms with Gasteiger partial charge in [0.25, 0.3) is 0 Å². The predicted molar refractivity (Wildman–Crippen MR) is 71.3 cm³/mol. The van der Waals surface area contributed by atoms with Crippen LogP contribution in [0.3, 0.4) is 0 Å². The van der Waals surface area contributed by atoms with Gasteiger partial charge in [-0.25, -0.2) is 0 Å². The first-order valence-electron chi connectivity index (χ1n) is 7.62. The minimum atomic E-state index is 0.781. The second kappa shape index (κ2) is 5.68. The lowest BCUT2D eigenvalue weighted by Gasteiger charge is -2.37. The zero-order chi connectivity index (χ0) is 11.5. The molecule has 17 heavy (non-hydrogen) atoms. The SMILES string of the molecule is C1CNCCC(NC2CCN3CCCC3C2)C1. The van der Waals surface area contributed by atoms with E-state index in [0.29, 0.717) is 0 Å². The zero-order valence-electron chi connectivity index (χ0n) is 11.0. The quantitative estimate of drug-likeness (QED) is 0.759. The maximum absolute atomic E-state index is 3.94. The molecule has 0 spiro atoms. The van der Waals surface area contributed by atoms with Gasteiger partial charge in [-0.1, -0.05) is 0 Å². The molecule has 0 bridgehead atoms. The van der Waals surface area contributed by atoms with Crippen molar-refractivity contribution in [2.24, 2.45) is 0 Å². The Morgan fingerprint density at radius 1 is 0.882 bits per heavy atom. The van der Waals surface area contributed by atoms with Crippen LogP contribution in [0.15, 0.2) is 0 Å². The molecule has 0 aromatic carbocycles. The normalized spacial score (nSPS) is 39.9. The van der Waals surface area contributed by atoms with Crippen molar-refractivity contribution in [2.45, 2.75) is 63.1 Å². The van der Waals surface area contributed by atoms with Gasteiger partial charge in [-0.05, 0) is 71.1 Å². The van der Waals surface area contributed by atoms with Crippen LogP contribution in [-0.2, 0) is 0 Å². The Balaban J connectivity index is 1.48. The zero-order valence-corrected chi connectivity index (χ0v) is 11.0. The summed E-state index contributed by atoms with van der Waals surface area (Å²) in [7, 11) is 0. The van der Waals surface area contributed by atoms with Crippen LogP contribution in [0.4, 0.5) is 0 Å². The Hall–Kier alpha value is -0.120. The molecule has 3 rings (SSSR count). The average molecular weight is 237 g/mol. The molecule has 3 atom stereocenters. The summed E-state index contributed by atoms with van der Waals surface area (Å²) in [6, 6.07) is 2.49. The minimum absolute atomic E-state index is 0.781. The van der Waals surface area contributed by atoms with E-state index in [0.717, 1.165) is 18.1 Å². The van der Waals surface area contributed by atoms with Gasteiger partial charge >= 0.3 is 0 Å². The molecule has 3 saturated heterocycles. The Labute approximate surface area is 105 Å². The molecule has 0 radical (unpaired) electrons. The fourth-order valence-corrected chi connectivity index (χ4v) is 3.89. The molecule has 2 N–H and O–H groups in total. The molecular formula is C14H27N3. The number of hydrogen-bond acceptors (Lipinski definition) is 3. The van der Waals surface area contributed by atoms with Crippen LogP contribution in [0.25, 0.3) is 0 Å². The molecule has 98 valence electrons. The Morgan fingerprint density at radius 2 is 1.88 bits per heavy atom. The number of hydrogen-bond donors (Lipinski definition) is 2. The van der Waals surface area contributed by atoms with Crippen molar-refractivity contribution < 1.29 is 0 Å². The number of nitrogens with one attached hydrogen (secondary N) is 2. The third-order valence-corrected chi connectivity index (χ3v) is 4.87. The number of rotatable bonds is 2. The monoisotopic (exact) mass is 237 g/mol. The van der Waals surface area contributed by atoms with Crippen molar-refractivity contribution in [3.63, 3.8) is 0 Å². The fourth-order valence-electron chi connectivity index (χ4n) is 3.89. The van der Waals surface area contributed by atoms with Crippen LogP contribution in [0.1, 0.15) is 44.9 Å².